The molecule has 0 amide bonds. The Bertz CT molecular complexity index is 2440. The van der Waals surface area contributed by atoms with Crippen molar-refractivity contribution in [1.82, 2.24) is 9.35 Å². The third kappa shape index (κ3) is 4.00. The topological polar surface area (TPSA) is 125 Å². The van der Waals surface area contributed by atoms with Gasteiger partial charge in [-0.05, 0) is 147 Å². The Balaban J connectivity index is 1.22. The Hall–Kier alpha value is -4.66. The number of aliphatic hydroxyl groups is 2. The number of rotatable bonds is 3. The Morgan fingerprint density at radius 2 is 0.944 bits per heavy atom. The van der Waals surface area contributed by atoms with Gasteiger partial charge < -0.3 is 20.4 Å². The number of carbonyl (C=O) groups is 2. The van der Waals surface area contributed by atoms with Gasteiger partial charge in [-0.1, -0.05) is 50.2 Å². The van der Waals surface area contributed by atoms with Crippen molar-refractivity contribution in [3.05, 3.63) is 95.1 Å². The monoisotopic (exact) mass is 724 g/mol. The van der Waals surface area contributed by atoms with Crippen LogP contribution in [0.25, 0.3) is 43.6 Å². The van der Waals surface area contributed by atoms with Gasteiger partial charge in [0.1, 0.15) is 0 Å². The number of aryl methyl sites for hydroxylation is 2. The van der Waals surface area contributed by atoms with Crippen LogP contribution in [0.4, 0.5) is 0 Å². The highest BCUT2D eigenvalue weighted by atomic mass is 16.4. The second-order valence-corrected chi connectivity index (χ2v) is 18.0. The van der Waals surface area contributed by atoms with Gasteiger partial charge >= 0.3 is 11.9 Å². The first kappa shape index (κ1) is 33.9. The number of hydrogen-bond acceptors (Lipinski definition) is 4. The van der Waals surface area contributed by atoms with Crippen LogP contribution in [0.2, 0.25) is 0 Å². The van der Waals surface area contributed by atoms with Crippen molar-refractivity contribution in [2.24, 2.45) is 22.7 Å². The first-order valence-electron chi connectivity index (χ1n) is 19.7. The highest BCUT2D eigenvalue weighted by Crippen LogP contribution is 2.60. The average Bonchev–Trinajstić information content (AvgIpc) is 3.64. The van der Waals surface area contributed by atoms with Gasteiger partial charge in [0, 0.05) is 21.5 Å². The highest BCUT2D eigenvalue weighted by molar-refractivity contribution is 6.12. The summed E-state index contributed by atoms with van der Waals surface area (Å²) in [5.41, 5.74) is 6.06. The minimum absolute atomic E-state index is 0.185. The number of carboxylic acid groups (broad SMARTS) is 2. The number of nitrogens with zero attached hydrogens (tertiary/aromatic N) is 2. The van der Waals surface area contributed by atoms with E-state index >= 15 is 0 Å². The van der Waals surface area contributed by atoms with Crippen molar-refractivity contribution >= 4 is 55.6 Å². The predicted molar refractivity (Wildman–Crippen MR) is 210 cm³/mol. The van der Waals surface area contributed by atoms with Crippen molar-refractivity contribution < 1.29 is 30.0 Å². The van der Waals surface area contributed by atoms with E-state index in [-0.39, 0.29) is 22.7 Å². The second-order valence-electron chi connectivity index (χ2n) is 18.0. The molecule has 2 saturated carbocycles. The molecule has 4 aliphatic carbocycles. The normalized spacial score (nSPS) is 33.4. The van der Waals surface area contributed by atoms with Crippen molar-refractivity contribution in [3.63, 3.8) is 0 Å². The second kappa shape index (κ2) is 11.0. The third-order valence-electron chi connectivity index (χ3n) is 15.7. The molecular weight excluding hydrogens is 677 g/mol. The summed E-state index contributed by atoms with van der Waals surface area (Å²) in [4.78, 5) is 25.6. The van der Waals surface area contributed by atoms with Crippen molar-refractivity contribution in [1.29, 1.82) is 0 Å². The molecule has 0 unspecified atom stereocenters. The molecule has 2 fully saturated rings. The summed E-state index contributed by atoms with van der Waals surface area (Å²) in [5, 5.41) is 47.6. The standard InChI is InChI=1S/C46H48N2O6/c1-43-19-17-39(49)45(3,41(51)52)37(43)15-13-25-21-35-29(23-31(25)43)27-9-5-7-11-33(27)47(35)48-34-12-8-6-10-28(34)30-24-32-26(22-36(30)48)14-16-38-44(32,2)20-18-40(50)46(38,4)42(53)54/h5-12,21-24,37-40,49-50H,13-20H2,1-4H3,(H,51,52)(H,53,54)/t37-,38+,39-,40-,43+,44+,45-,46-/m0/s1. The number of fused-ring (bicyclic) bond motifs is 12. The number of aliphatic hydroxyl groups excluding tert-OH is 2. The smallest absolute Gasteiger partial charge is 0.312 e. The van der Waals surface area contributed by atoms with Gasteiger partial charge in [0.2, 0.25) is 0 Å². The fraction of sp³-hybridized carbons (Fsp3) is 0.435. The van der Waals surface area contributed by atoms with Gasteiger partial charge in [-0.25, -0.2) is 9.35 Å². The molecule has 0 bridgehead atoms. The Kier molecular flexibility index (Phi) is 6.89. The maximum atomic E-state index is 12.8. The SMILES string of the molecule is C[C@]1(C(=O)O)[C@H]2CCc3cc4c(cc3[C@@]2(C)CC[C@@H]1O)c1ccccc1n4-n1c2ccccc2c2cc3c(cc21)CC[C@H]1[C@](C)(C(=O)O)[C@@H](O)CC[C@]31C. The van der Waals surface area contributed by atoms with Crippen LogP contribution in [0.15, 0.2) is 72.8 Å². The molecule has 8 atom stereocenters. The summed E-state index contributed by atoms with van der Waals surface area (Å²) < 4.78 is 4.74. The summed E-state index contributed by atoms with van der Waals surface area (Å²) in [5.74, 6) is -2.20. The lowest BCUT2D eigenvalue weighted by Crippen LogP contribution is -2.58. The fourth-order valence-electron chi connectivity index (χ4n) is 12.7. The van der Waals surface area contributed by atoms with Crippen LogP contribution in [-0.4, -0.2) is 53.9 Å². The zero-order valence-corrected chi connectivity index (χ0v) is 31.4. The van der Waals surface area contributed by atoms with Gasteiger partial charge in [-0.2, -0.15) is 0 Å². The minimum atomic E-state index is -1.21. The van der Waals surface area contributed by atoms with Crippen LogP contribution < -0.4 is 0 Å². The molecule has 2 heterocycles. The maximum absolute atomic E-state index is 12.8. The molecule has 4 N–H and O–H groups in total. The lowest BCUT2D eigenvalue weighted by atomic mass is 9.49. The predicted octanol–water partition coefficient (Wildman–Crippen LogP) is 8.35. The lowest BCUT2D eigenvalue weighted by molar-refractivity contribution is -0.172. The van der Waals surface area contributed by atoms with E-state index in [4.69, 9.17) is 0 Å². The number of benzene rings is 4. The maximum Gasteiger partial charge on any atom is 0.312 e. The van der Waals surface area contributed by atoms with E-state index in [1.807, 2.05) is 0 Å². The number of hydrogen-bond donors (Lipinski definition) is 4. The molecule has 10 rings (SSSR count). The Labute approximate surface area is 314 Å². The fourth-order valence-corrected chi connectivity index (χ4v) is 12.7. The van der Waals surface area contributed by atoms with Crippen LogP contribution in [0.1, 0.15) is 88.5 Å². The third-order valence-corrected chi connectivity index (χ3v) is 15.7. The minimum Gasteiger partial charge on any atom is -0.481 e. The van der Waals surface area contributed by atoms with Crippen LogP contribution in [0.5, 0.6) is 0 Å². The number of para-hydroxylation sites is 2. The number of aliphatic carboxylic acids is 2. The van der Waals surface area contributed by atoms with E-state index in [1.165, 1.54) is 22.3 Å². The van der Waals surface area contributed by atoms with Crippen molar-refractivity contribution in [3.8, 4) is 0 Å². The molecule has 0 aliphatic heterocycles. The molecule has 54 heavy (non-hydrogen) atoms. The molecule has 278 valence electrons. The number of carboxylic acids is 2. The van der Waals surface area contributed by atoms with Crippen LogP contribution in [-0.2, 0) is 33.3 Å². The van der Waals surface area contributed by atoms with Gasteiger partial charge in [-0.15, -0.1) is 0 Å². The molecule has 6 aromatic rings. The van der Waals surface area contributed by atoms with Crippen LogP contribution in [0.3, 0.4) is 0 Å². The largest absolute Gasteiger partial charge is 0.481 e. The van der Waals surface area contributed by atoms with E-state index in [0.29, 0.717) is 25.7 Å². The van der Waals surface area contributed by atoms with E-state index in [1.54, 1.807) is 13.8 Å². The summed E-state index contributed by atoms with van der Waals surface area (Å²) in [7, 11) is 0. The number of aromatic nitrogens is 2. The molecule has 8 heteroatoms. The zero-order chi connectivity index (χ0) is 37.7. The van der Waals surface area contributed by atoms with Gasteiger partial charge in [-0.3, -0.25) is 9.59 Å². The Morgan fingerprint density at radius 3 is 1.33 bits per heavy atom. The summed E-state index contributed by atoms with van der Waals surface area (Å²) in [6.45, 7) is 7.95. The summed E-state index contributed by atoms with van der Waals surface area (Å²) >= 11 is 0. The lowest BCUT2D eigenvalue weighted by Gasteiger charge is -2.55. The average molecular weight is 725 g/mol. The highest BCUT2D eigenvalue weighted by Gasteiger charge is 2.61. The van der Waals surface area contributed by atoms with Gasteiger partial charge in [0.25, 0.3) is 0 Å². The van der Waals surface area contributed by atoms with Crippen molar-refractivity contribution in [2.45, 2.75) is 102 Å². The van der Waals surface area contributed by atoms with Gasteiger partial charge in [0.05, 0.1) is 45.1 Å². The summed E-state index contributed by atoms with van der Waals surface area (Å²) in [6, 6.07) is 26.4. The summed E-state index contributed by atoms with van der Waals surface area (Å²) in [6.07, 6.45) is 3.53. The molecule has 2 aromatic heterocycles. The van der Waals surface area contributed by atoms with Crippen LogP contribution in [0, 0.1) is 22.7 Å². The molecule has 4 aliphatic rings. The van der Waals surface area contributed by atoms with Gasteiger partial charge in [0.15, 0.2) is 0 Å². The van der Waals surface area contributed by atoms with E-state index in [9.17, 15) is 30.0 Å². The molecule has 0 radical (unpaired) electrons. The molecular formula is C46H48N2O6. The Morgan fingerprint density at radius 1 is 0.556 bits per heavy atom. The molecule has 0 saturated heterocycles. The van der Waals surface area contributed by atoms with Crippen LogP contribution >= 0.6 is 0 Å². The van der Waals surface area contributed by atoms with E-state index < -0.39 is 35.0 Å². The first-order chi connectivity index (χ1) is 25.7. The quantitative estimate of drug-likeness (QED) is 0.146. The molecule has 8 nitrogen and oxygen atoms in total. The van der Waals surface area contributed by atoms with Crippen molar-refractivity contribution in [2.75, 3.05) is 0 Å². The zero-order valence-electron chi connectivity index (χ0n) is 31.4. The molecule has 0 spiro atoms. The van der Waals surface area contributed by atoms with E-state index in [0.717, 1.165) is 69.3 Å². The van der Waals surface area contributed by atoms with E-state index in [2.05, 4.69) is 96.0 Å². The first-order valence-corrected chi connectivity index (χ1v) is 19.7. The molecule has 4 aromatic carbocycles.